The standard InChI is InChI=1S/C19H18N2O2/c22-19(18-12-11-15-7-4-5-10-17(15)21-18)20-13-6-14-23-16-8-2-1-3-9-16/h1-5,7-12H,6,13-14H2,(H,20,22). The summed E-state index contributed by atoms with van der Waals surface area (Å²) < 4.78 is 5.58. The molecule has 3 aromatic rings. The van der Waals surface area contributed by atoms with Gasteiger partial charge in [-0.2, -0.15) is 0 Å². The average Bonchev–Trinajstić information content (AvgIpc) is 2.61. The molecule has 1 N–H and O–H groups in total. The normalized spacial score (nSPS) is 10.4. The summed E-state index contributed by atoms with van der Waals surface area (Å²) in [6.45, 7) is 1.12. The van der Waals surface area contributed by atoms with Crippen molar-refractivity contribution in [1.29, 1.82) is 0 Å². The van der Waals surface area contributed by atoms with Gasteiger partial charge in [-0.1, -0.05) is 42.5 Å². The number of nitrogens with zero attached hydrogens (tertiary/aromatic N) is 1. The van der Waals surface area contributed by atoms with Gasteiger partial charge in [-0.15, -0.1) is 0 Å². The summed E-state index contributed by atoms with van der Waals surface area (Å²) in [6.07, 6.45) is 0.744. The van der Waals surface area contributed by atoms with Crippen molar-refractivity contribution in [3.05, 3.63) is 72.4 Å². The van der Waals surface area contributed by atoms with E-state index in [9.17, 15) is 4.79 Å². The molecule has 0 saturated heterocycles. The zero-order chi connectivity index (χ0) is 15.9. The zero-order valence-corrected chi connectivity index (χ0v) is 12.7. The van der Waals surface area contributed by atoms with Gasteiger partial charge < -0.3 is 10.1 Å². The van der Waals surface area contributed by atoms with Crippen LogP contribution in [0.5, 0.6) is 5.75 Å². The maximum atomic E-state index is 12.1. The first kappa shape index (κ1) is 15.0. The highest BCUT2D eigenvalue weighted by molar-refractivity contribution is 5.94. The number of rotatable bonds is 6. The van der Waals surface area contributed by atoms with Gasteiger partial charge >= 0.3 is 0 Å². The Morgan fingerprint density at radius 3 is 2.61 bits per heavy atom. The van der Waals surface area contributed by atoms with Crippen LogP contribution in [0.15, 0.2) is 66.7 Å². The van der Waals surface area contributed by atoms with E-state index in [1.165, 1.54) is 0 Å². The lowest BCUT2D eigenvalue weighted by atomic mass is 10.2. The van der Waals surface area contributed by atoms with Crippen molar-refractivity contribution in [3.63, 3.8) is 0 Å². The van der Waals surface area contributed by atoms with Gasteiger partial charge in [0.05, 0.1) is 12.1 Å². The molecular formula is C19H18N2O2. The van der Waals surface area contributed by atoms with E-state index in [4.69, 9.17) is 4.74 Å². The second-order valence-electron chi connectivity index (χ2n) is 5.16. The van der Waals surface area contributed by atoms with Crippen molar-refractivity contribution in [3.8, 4) is 5.75 Å². The van der Waals surface area contributed by atoms with Crippen LogP contribution >= 0.6 is 0 Å². The fraction of sp³-hybridized carbons (Fsp3) is 0.158. The van der Waals surface area contributed by atoms with Crippen LogP contribution in [0.1, 0.15) is 16.9 Å². The Hall–Kier alpha value is -2.88. The maximum Gasteiger partial charge on any atom is 0.269 e. The average molecular weight is 306 g/mol. The molecule has 4 heteroatoms. The van der Waals surface area contributed by atoms with Crippen molar-refractivity contribution in [2.75, 3.05) is 13.2 Å². The first-order chi connectivity index (χ1) is 11.3. The van der Waals surface area contributed by atoms with Crippen LogP contribution < -0.4 is 10.1 Å². The molecule has 0 fully saturated rings. The van der Waals surface area contributed by atoms with Gasteiger partial charge in [0.2, 0.25) is 0 Å². The minimum atomic E-state index is -0.157. The molecule has 0 aliphatic heterocycles. The molecule has 0 atom stereocenters. The van der Waals surface area contributed by atoms with Crippen LogP contribution in [-0.2, 0) is 0 Å². The molecule has 0 spiro atoms. The summed E-state index contributed by atoms with van der Waals surface area (Å²) in [7, 11) is 0. The smallest absolute Gasteiger partial charge is 0.269 e. The van der Waals surface area contributed by atoms with Crippen molar-refractivity contribution in [1.82, 2.24) is 10.3 Å². The summed E-state index contributed by atoms with van der Waals surface area (Å²) in [5.41, 5.74) is 1.26. The fourth-order valence-corrected chi connectivity index (χ4v) is 2.26. The van der Waals surface area contributed by atoms with Crippen molar-refractivity contribution in [2.45, 2.75) is 6.42 Å². The second kappa shape index (κ2) is 7.40. The predicted molar refractivity (Wildman–Crippen MR) is 90.6 cm³/mol. The number of fused-ring (bicyclic) bond motifs is 1. The number of ether oxygens (including phenoxy) is 1. The Bertz CT molecular complexity index is 787. The van der Waals surface area contributed by atoms with Crippen molar-refractivity contribution in [2.24, 2.45) is 0 Å². The van der Waals surface area contributed by atoms with Crippen LogP contribution in [0.3, 0.4) is 0 Å². The molecular weight excluding hydrogens is 288 g/mol. The van der Waals surface area contributed by atoms with E-state index in [0.717, 1.165) is 23.1 Å². The summed E-state index contributed by atoms with van der Waals surface area (Å²) in [5, 5.41) is 3.90. The maximum absolute atomic E-state index is 12.1. The Kier molecular flexibility index (Phi) is 4.84. The SMILES string of the molecule is O=C(NCCCOc1ccccc1)c1ccc2ccccc2n1. The Morgan fingerprint density at radius 1 is 0.957 bits per heavy atom. The fourth-order valence-electron chi connectivity index (χ4n) is 2.26. The van der Waals surface area contributed by atoms with E-state index < -0.39 is 0 Å². The molecule has 3 rings (SSSR count). The van der Waals surface area contributed by atoms with Crippen LogP contribution in [0.4, 0.5) is 0 Å². The number of carbonyl (C=O) groups is 1. The van der Waals surface area contributed by atoms with Crippen LogP contribution in [0.25, 0.3) is 10.9 Å². The third-order valence-electron chi connectivity index (χ3n) is 3.45. The molecule has 0 bridgehead atoms. The van der Waals surface area contributed by atoms with Gasteiger partial charge in [0, 0.05) is 11.9 Å². The molecule has 0 unspecified atom stereocenters. The third-order valence-corrected chi connectivity index (χ3v) is 3.45. The molecule has 116 valence electrons. The zero-order valence-electron chi connectivity index (χ0n) is 12.7. The summed E-state index contributed by atoms with van der Waals surface area (Å²) in [5.74, 6) is 0.686. The van der Waals surface area contributed by atoms with Crippen LogP contribution in [0, 0.1) is 0 Å². The summed E-state index contributed by atoms with van der Waals surface area (Å²) in [6, 6.07) is 21.1. The number of hydrogen-bond acceptors (Lipinski definition) is 3. The topological polar surface area (TPSA) is 51.2 Å². The molecule has 0 radical (unpaired) electrons. The number of aromatic nitrogens is 1. The van der Waals surface area contributed by atoms with Gasteiger partial charge in [-0.25, -0.2) is 4.98 Å². The second-order valence-corrected chi connectivity index (χ2v) is 5.16. The first-order valence-corrected chi connectivity index (χ1v) is 7.65. The van der Waals surface area contributed by atoms with Gasteiger partial charge in [0.15, 0.2) is 0 Å². The number of benzene rings is 2. The van der Waals surface area contributed by atoms with Gasteiger partial charge in [-0.05, 0) is 30.7 Å². The predicted octanol–water partition coefficient (Wildman–Crippen LogP) is 3.43. The molecule has 0 saturated carbocycles. The number of hydrogen-bond donors (Lipinski definition) is 1. The monoisotopic (exact) mass is 306 g/mol. The quantitative estimate of drug-likeness (QED) is 0.710. The molecule has 2 aromatic carbocycles. The molecule has 0 aliphatic rings. The number of carbonyl (C=O) groups excluding carboxylic acids is 1. The summed E-state index contributed by atoms with van der Waals surface area (Å²) in [4.78, 5) is 16.5. The van der Waals surface area contributed by atoms with E-state index in [1.54, 1.807) is 6.07 Å². The summed E-state index contributed by atoms with van der Waals surface area (Å²) >= 11 is 0. The van der Waals surface area contributed by atoms with E-state index >= 15 is 0 Å². The lowest BCUT2D eigenvalue weighted by Crippen LogP contribution is -2.26. The first-order valence-electron chi connectivity index (χ1n) is 7.65. The molecule has 1 aromatic heterocycles. The number of nitrogens with one attached hydrogen (secondary N) is 1. The molecule has 4 nitrogen and oxygen atoms in total. The Morgan fingerprint density at radius 2 is 1.74 bits per heavy atom. The highest BCUT2D eigenvalue weighted by atomic mass is 16.5. The van der Waals surface area contributed by atoms with Crippen LogP contribution in [-0.4, -0.2) is 24.0 Å². The molecule has 0 aliphatic carbocycles. The molecule has 23 heavy (non-hydrogen) atoms. The number of amides is 1. The van der Waals surface area contributed by atoms with Crippen molar-refractivity contribution >= 4 is 16.8 Å². The Labute approximate surface area is 135 Å². The number of pyridine rings is 1. The minimum Gasteiger partial charge on any atom is -0.494 e. The van der Waals surface area contributed by atoms with Crippen LogP contribution in [0.2, 0.25) is 0 Å². The van der Waals surface area contributed by atoms with Gasteiger partial charge in [0.1, 0.15) is 11.4 Å². The van der Waals surface area contributed by atoms with E-state index in [-0.39, 0.29) is 5.91 Å². The van der Waals surface area contributed by atoms with Gasteiger partial charge in [0.25, 0.3) is 5.91 Å². The highest BCUT2D eigenvalue weighted by Crippen LogP contribution is 2.11. The lowest BCUT2D eigenvalue weighted by Gasteiger charge is -2.07. The molecule has 1 amide bonds. The lowest BCUT2D eigenvalue weighted by molar-refractivity contribution is 0.0947. The number of para-hydroxylation sites is 2. The van der Waals surface area contributed by atoms with Gasteiger partial charge in [-0.3, -0.25) is 4.79 Å². The third kappa shape index (κ3) is 4.07. The van der Waals surface area contributed by atoms with E-state index in [0.29, 0.717) is 18.8 Å². The minimum absolute atomic E-state index is 0.157. The highest BCUT2D eigenvalue weighted by Gasteiger charge is 2.07. The van der Waals surface area contributed by atoms with E-state index in [2.05, 4.69) is 10.3 Å². The largest absolute Gasteiger partial charge is 0.494 e. The Balaban J connectivity index is 1.47. The van der Waals surface area contributed by atoms with Crippen molar-refractivity contribution < 1.29 is 9.53 Å². The van der Waals surface area contributed by atoms with E-state index in [1.807, 2.05) is 60.7 Å². The molecule has 1 heterocycles.